The zero-order chi connectivity index (χ0) is 13.8. The molecule has 0 radical (unpaired) electrons. The summed E-state index contributed by atoms with van der Waals surface area (Å²) in [6.45, 7) is 6.45. The molecule has 0 saturated heterocycles. The van der Waals surface area contributed by atoms with Crippen molar-refractivity contribution in [3.63, 3.8) is 0 Å². The second-order valence-electron chi connectivity index (χ2n) is 6.11. The molecular formula is C17H25NO. The van der Waals surface area contributed by atoms with E-state index in [2.05, 4.69) is 44.0 Å². The van der Waals surface area contributed by atoms with E-state index < -0.39 is 0 Å². The molecule has 1 fully saturated rings. The topological polar surface area (TPSA) is 20.3 Å². The maximum atomic E-state index is 11.2. The second-order valence-corrected chi connectivity index (χ2v) is 6.11. The van der Waals surface area contributed by atoms with Gasteiger partial charge in [-0.1, -0.05) is 23.8 Å². The molecule has 1 aromatic rings. The Labute approximate surface area is 116 Å². The lowest BCUT2D eigenvalue weighted by Gasteiger charge is -2.27. The van der Waals surface area contributed by atoms with Crippen LogP contribution in [0.2, 0.25) is 0 Å². The lowest BCUT2D eigenvalue weighted by Crippen LogP contribution is -2.28. The molecule has 2 rings (SSSR count). The van der Waals surface area contributed by atoms with Crippen LogP contribution < -0.4 is 0 Å². The van der Waals surface area contributed by atoms with Crippen LogP contribution >= 0.6 is 0 Å². The quantitative estimate of drug-likeness (QED) is 0.825. The van der Waals surface area contributed by atoms with Gasteiger partial charge >= 0.3 is 0 Å². The molecule has 0 amide bonds. The Bertz CT molecular complexity index is 443. The minimum Gasteiger partial charge on any atom is -0.302 e. The second kappa shape index (κ2) is 6.33. The smallest absolute Gasteiger partial charge is 0.132 e. The van der Waals surface area contributed by atoms with Gasteiger partial charge in [-0.25, -0.2) is 0 Å². The number of hydrogen-bond acceptors (Lipinski definition) is 2. The zero-order valence-electron chi connectivity index (χ0n) is 12.4. The van der Waals surface area contributed by atoms with Crippen LogP contribution in [0.4, 0.5) is 0 Å². The Hall–Kier alpha value is -1.15. The molecule has 0 spiro atoms. The standard InChI is InChI=1S/C17H25NO/c1-13-4-7-16(14(2)10-13)12-18(3)11-15-5-8-17(19)9-6-15/h4,7,10,15H,5-6,8-9,11-12H2,1-3H3. The molecule has 1 aromatic carbocycles. The number of rotatable bonds is 4. The van der Waals surface area contributed by atoms with Crippen LogP contribution in [0.15, 0.2) is 18.2 Å². The summed E-state index contributed by atoms with van der Waals surface area (Å²) in [5.74, 6) is 1.15. The molecule has 0 atom stereocenters. The Morgan fingerprint density at radius 2 is 1.89 bits per heavy atom. The van der Waals surface area contributed by atoms with Gasteiger partial charge in [-0.15, -0.1) is 0 Å². The van der Waals surface area contributed by atoms with Gasteiger partial charge in [0, 0.05) is 25.9 Å². The monoisotopic (exact) mass is 259 g/mol. The third-order valence-electron chi connectivity index (χ3n) is 4.17. The Morgan fingerprint density at radius 3 is 2.53 bits per heavy atom. The van der Waals surface area contributed by atoms with Gasteiger partial charge in [0.2, 0.25) is 0 Å². The normalized spacial score (nSPS) is 17.2. The summed E-state index contributed by atoms with van der Waals surface area (Å²) in [5, 5.41) is 0. The minimum absolute atomic E-state index is 0.452. The van der Waals surface area contributed by atoms with Gasteiger partial charge in [-0.05, 0) is 50.8 Å². The molecule has 2 nitrogen and oxygen atoms in total. The average molecular weight is 259 g/mol. The first kappa shape index (κ1) is 14.3. The van der Waals surface area contributed by atoms with Gasteiger partial charge in [0.05, 0.1) is 0 Å². The van der Waals surface area contributed by atoms with Crippen LogP contribution in [0.25, 0.3) is 0 Å². The van der Waals surface area contributed by atoms with Crippen LogP contribution in [-0.4, -0.2) is 24.3 Å². The summed E-state index contributed by atoms with van der Waals surface area (Å²) < 4.78 is 0. The molecule has 0 aliphatic heterocycles. The molecule has 1 saturated carbocycles. The molecule has 104 valence electrons. The van der Waals surface area contributed by atoms with Crippen molar-refractivity contribution in [3.8, 4) is 0 Å². The van der Waals surface area contributed by atoms with Gasteiger partial charge in [-0.3, -0.25) is 4.79 Å². The van der Waals surface area contributed by atoms with E-state index >= 15 is 0 Å². The van der Waals surface area contributed by atoms with Gasteiger partial charge in [-0.2, -0.15) is 0 Å². The zero-order valence-corrected chi connectivity index (χ0v) is 12.4. The highest BCUT2D eigenvalue weighted by molar-refractivity contribution is 5.79. The number of carbonyl (C=O) groups excluding carboxylic acids is 1. The van der Waals surface area contributed by atoms with Crippen molar-refractivity contribution in [1.82, 2.24) is 4.90 Å². The number of nitrogens with zero attached hydrogens (tertiary/aromatic N) is 1. The highest BCUT2D eigenvalue weighted by atomic mass is 16.1. The fourth-order valence-electron chi connectivity index (χ4n) is 3.00. The summed E-state index contributed by atoms with van der Waals surface area (Å²) in [7, 11) is 2.19. The predicted octanol–water partition coefficient (Wildman–Crippen LogP) is 3.49. The first-order valence-corrected chi connectivity index (χ1v) is 7.31. The minimum atomic E-state index is 0.452. The molecule has 0 bridgehead atoms. The summed E-state index contributed by atoms with van der Waals surface area (Å²) >= 11 is 0. The summed E-state index contributed by atoms with van der Waals surface area (Å²) in [6.07, 6.45) is 3.75. The number of aryl methyl sites for hydroxylation is 2. The van der Waals surface area contributed by atoms with Crippen LogP contribution in [0, 0.1) is 19.8 Å². The first-order chi connectivity index (χ1) is 9.04. The van der Waals surface area contributed by atoms with E-state index in [1.54, 1.807) is 0 Å². The van der Waals surface area contributed by atoms with E-state index in [9.17, 15) is 4.79 Å². The fourth-order valence-corrected chi connectivity index (χ4v) is 3.00. The molecule has 0 unspecified atom stereocenters. The Balaban J connectivity index is 1.87. The van der Waals surface area contributed by atoms with Gasteiger partial charge in [0.1, 0.15) is 5.78 Å². The van der Waals surface area contributed by atoms with E-state index in [0.29, 0.717) is 11.7 Å². The summed E-state index contributed by atoms with van der Waals surface area (Å²) in [6, 6.07) is 6.68. The maximum absolute atomic E-state index is 11.2. The van der Waals surface area contributed by atoms with E-state index in [-0.39, 0.29) is 0 Å². The molecule has 19 heavy (non-hydrogen) atoms. The van der Waals surface area contributed by atoms with Crippen LogP contribution in [0.5, 0.6) is 0 Å². The lowest BCUT2D eigenvalue weighted by molar-refractivity contribution is -0.121. The predicted molar refractivity (Wildman–Crippen MR) is 79.2 cm³/mol. The molecule has 0 N–H and O–H groups in total. The lowest BCUT2D eigenvalue weighted by atomic mass is 9.88. The van der Waals surface area contributed by atoms with Crippen molar-refractivity contribution in [2.45, 2.75) is 46.1 Å². The van der Waals surface area contributed by atoms with Crippen molar-refractivity contribution in [2.24, 2.45) is 5.92 Å². The van der Waals surface area contributed by atoms with Crippen LogP contribution in [-0.2, 0) is 11.3 Å². The summed E-state index contributed by atoms with van der Waals surface area (Å²) in [5.41, 5.74) is 4.13. The van der Waals surface area contributed by atoms with Crippen LogP contribution in [0.1, 0.15) is 42.4 Å². The van der Waals surface area contributed by atoms with E-state index in [4.69, 9.17) is 0 Å². The number of carbonyl (C=O) groups is 1. The molecule has 1 aliphatic rings. The highest BCUT2D eigenvalue weighted by Crippen LogP contribution is 2.23. The molecule has 0 aromatic heterocycles. The molecule has 0 heterocycles. The molecular weight excluding hydrogens is 234 g/mol. The van der Waals surface area contributed by atoms with Crippen molar-refractivity contribution in [1.29, 1.82) is 0 Å². The third kappa shape index (κ3) is 4.17. The van der Waals surface area contributed by atoms with Crippen molar-refractivity contribution in [3.05, 3.63) is 34.9 Å². The van der Waals surface area contributed by atoms with Gasteiger partial charge in [0.25, 0.3) is 0 Å². The van der Waals surface area contributed by atoms with Gasteiger partial charge < -0.3 is 4.90 Å². The number of Topliss-reactive ketones (excluding diaryl/α,β-unsaturated/α-hetero) is 1. The molecule has 2 heteroatoms. The SMILES string of the molecule is Cc1ccc(CN(C)CC2CCC(=O)CC2)c(C)c1. The number of ketones is 1. The van der Waals surface area contributed by atoms with E-state index in [1.807, 2.05) is 0 Å². The fraction of sp³-hybridized carbons (Fsp3) is 0.588. The van der Waals surface area contributed by atoms with Gasteiger partial charge in [0.15, 0.2) is 0 Å². The van der Waals surface area contributed by atoms with Crippen LogP contribution in [0.3, 0.4) is 0 Å². The maximum Gasteiger partial charge on any atom is 0.132 e. The Kier molecular flexibility index (Phi) is 4.76. The highest BCUT2D eigenvalue weighted by Gasteiger charge is 2.20. The van der Waals surface area contributed by atoms with E-state index in [1.165, 1.54) is 16.7 Å². The number of benzene rings is 1. The van der Waals surface area contributed by atoms with Crippen molar-refractivity contribution < 1.29 is 4.79 Å². The number of hydrogen-bond donors (Lipinski definition) is 0. The van der Waals surface area contributed by atoms with E-state index in [0.717, 1.165) is 38.8 Å². The average Bonchev–Trinajstić information content (AvgIpc) is 2.36. The molecule has 1 aliphatic carbocycles. The Morgan fingerprint density at radius 1 is 1.21 bits per heavy atom. The van der Waals surface area contributed by atoms with Crippen molar-refractivity contribution >= 4 is 5.78 Å². The summed E-state index contributed by atoms with van der Waals surface area (Å²) in [4.78, 5) is 13.6. The largest absolute Gasteiger partial charge is 0.302 e. The third-order valence-corrected chi connectivity index (χ3v) is 4.17. The van der Waals surface area contributed by atoms with Crippen molar-refractivity contribution in [2.75, 3.05) is 13.6 Å². The first-order valence-electron chi connectivity index (χ1n) is 7.31.